The van der Waals surface area contributed by atoms with Crippen LogP contribution in [0.3, 0.4) is 0 Å². The summed E-state index contributed by atoms with van der Waals surface area (Å²) >= 11 is 6.21. The van der Waals surface area contributed by atoms with Crippen molar-refractivity contribution in [3.63, 3.8) is 0 Å². The molecule has 3 aromatic rings. The average Bonchev–Trinajstić information content (AvgIpc) is 3.21. The van der Waals surface area contributed by atoms with Crippen LogP contribution in [0.25, 0.3) is 5.69 Å². The summed E-state index contributed by atoms with van der Waals surface area (Å²) in [5.74, 6) is 0.593. The van der Waals surface area contributed by atoms with Gasteiger partial charge in [0.25, 0.3) is 0 Å². The Hall–Kier alpha value is -2.64. The maximum Gasteiger partial charge on any atom is 0.573 e. The molecule has 0 unspecified atom stereocenters. The van der Waals surface area contributed by atoms with Crippen molar-refractivity contribution in [1.82, 2.24) is 9.47 Å². The fraction of sp³-hybridized carbons (Fsp3) is 0.333. The lowest BCUT2D eigenvalue weighted by Gasteiger charge is -2.45. The van der Waals surface area contributed by atoms with Crippen LogP contribution in [0.4, 0.5) is 13.2 Å². The predicted molar refractivity (Wildman–Crippen MR) is 115 cm³/mol. The summed E-state index contributed by atoms with van der Waals surface area (Å²) in [5, 5.41) is 0.639. The number of alkyl halides is 3. The van der Waals surface area contributed by atoms with E-state index in [0.29, 0.717) is 11.6 Å². The van der Waals surface area contributed by atoms with Gasteiger partial charge >= 0.3 is 6.36 Å². The Bertz CT molecular complexity index is 1150. The van der Waals surface area contributed by atoms with Gasteiger partial charge in [0.15, 0.2) is 5.60 Å². The van der Waals surface area contributed by atoms with E-state index in [9.17, 15) is 13.2 Å². The van der Waals surface area contributed by atoms with Crippen molar-refractivity contribution in [3.05, 3.63) is 76.6 Å². The van der Waals surface area contributed by atoms with Crippen LogP contribution in [0, 0.1) is 6.92 Å². The van der Waals surface area contributed by atoms with Crippen LogP contribution in [-0.4, -0.2) is 28.9 Å². The maximum absolute atomic E-state index is 12.5. The topological polar surface area (TPSA) is 26.6 Å². The Labute approximate surface area is 189 Å². The van der Waals surface area contributed by atoms with Crippen molar-refractivity contribution in [1.29, 1.82) is 0 Å². The van der Waals surface area contributed by atoms with Crippen LogP contribution in [0.2, 0.25) is 5.02 Å². The summed E-state index contributed by atoms with van der Waals surface area (Å²) < 4.78 is 50.2. The van der Waals surface area contributed by atoms with Gasteiger partial charge in [-0.1, -0.05) is 17.7 Å². The van der Waals surface area contributed by atoms with Crippen molar-refractivity contribution in [2.45, 2.75) is 38.3 Å². The predicted octanol–water partition coefficient (Wildman–Crippen LogP) is 6.22. The summed E-state index contributed by atoms with van der Waals surface area (Å²) in [7, 11) is 0. The number of nitrogens with zero attached hydrogens (tertiary/aromatic N) is 2. The van der Waals surface area contributed by atoms with Gasteiger partial charge in [0.2, 0.25) is 0 Å². The van der Waals surface area contributed by atoms with Crippen molar-refractivity contribution >= 4 is 11.6 Å². The molecule has 1 aromatic heterocycles. The van der Waals surface area contributed by atoms with Gasteiger partial charge in [0.1, 0.15) is 11.5 Å². The number of aromatic nitrogens is 1. The third-order valence-corrected chi connectivity index (χ3v) is 6.54. The van der Waals surface area contributed by atoms with E-state index in [2.05, 4.69) is 20.3 Å². The lowest BCUT2D eigenvalue weighted by atomic mass is 9.86. The fourth-order valence-corrected chi connectivity index (χ4v) is 4.87. The molecular weight excluding hydrogens is 441 g/mol. The molecule has 0 aliphatic carbocycles. The molecule has 0 bridgehead atoms. The van der Waals surface area contributed by atoms with Gasteiger partial charge in [-0.3, -0.25) is 4.90 Å². The molecule has 1 fully saturated rings. The number of halogens is 4. The largest absolute Gasteiger partial charge is 0.573 e. The van der Waals surface area contributed by atoms with Gasteiger partial charge in [-0.15, -0.1) is 13.2 Å². The lowest BCUT2D eigenvalue weighted by molar-refractivity contribution is -0.274. The molecule has 1 saturated heterocycles. The molecule has 3 heterocycles. The molecule has 2 aliphatic heterocycles. The zero-order valence-electron chi connectivity index (χ0n) is 17.5. The quantitative estimate of drug-likeness (QED) is 0.462. The van der Waals surface area contributed by atoms with Crippen molar-refractivity contribution < 1.29 is 22.6 Å². The van der Waals surface area contributed by atoms with E-state index in [-0.39, 0.29) is 5.75 Å². The van der Waals surface area contributed by atoms with Crippen LogP contribution in [0.1, 0.15) is 29.7 Å². The first-order valence-electron chi connectivity index (χ1n) is 10.5. The zero-order valence-corrected chi connectivity index (χ0v) is 18.2. The van der Waals surface area contributed by atoms with Gasteiger partial charge in [-0.05, 0) is 54.4 Å². The van der Waals surface area contributed by atoms with Gasteiger partial charge < -0.3 is 14.0 Å². The second-order valence-electron chi connectivity index (χ2n) is 8.38. The molecule has 0 radical (unpaired) electrons. The third-order valence-electron chi connectivity index (χ3n) is 6.31. The number of fused-ring (bicyclic) bond motifs is 4. The molecule has 0 amide bonds. The third kappa shape index (κ3) is 3.95. The number of aryl methyl sites for hydroxylation is 1. The fourth-order valence-electron chi connectivity index (χ4n) is 4.71. The monoisotopic (exact) mass is 462 g/mol. The molecular formula is C24H22ClF3N2O2. The molecule has 168 valence electrons. The first kappa shape index (κ1) is 21.2. The number of hydrogen-bond acceptors (Lipinski definition) is 3. The van der Waals surface area contributed by atoms with Crippen molar-refractivity contribution in [2.75, 3.05) is 13.1 Å². The minimum atomic E-state index is -4.68. The molecule has 32 heavy (non-hydrogen) atoms. The Balaban J connectivity index is 1.31. The van der Waals surface area contributed by atoms with Crippen LogP contribution < -0.4 is 9.47 Å². The molecule has 1 spiro atoms. The minimum Gasteiger partial charge on any atom is -0.479 e. The number of ether oxygens (including phenoxy) is 2. The summed E-state index contributed by atoms with van der Waals surface area (Å²) in [6.07, 6.45) is -1.03. The van der Waals surface area contributed by atoms with Crippen LogP contribution >= 0.6 is 11.6 Å². The zero-order chi connectivity index (χ0) is 22.5. The summed E-state index contributed by atoms with van der Waals surface area (Å²) in [6, 6.07) is 14.4. The summed E-state index contributed by atoms with van der Waals surface area (Å²) in [4.78, 5) is 2.31. The standard InChI is InChI=1S/C24H22ClF3N2O2/c1-16-13-19(31-24(26,27)28)6-4-17(16)15-29-11-8-23(9-12-29)22-3-2-10-30(22)20-7-5-18(25)14-21(20)32-23/h2-7,10,13-14H,8-9,11-12,15H2,1H3. The summed E-state index contributed by atoms with van der Waals surface area (Å²) in [6.45, 7) is 4.09. The van der Waals surface area contributed by atoms with E-state index < -0.39 is 12.0 Å². The molecule has 0 atom stereocenters. The minimum absolute atomic E-state index is 0.190. The van der Waals surface area contributed by atoms with Gasteiger partial charge in [-0.25, -0.2) is 0 Å². The number of likely N-dealkylation sites (tertiary alicyclic amines) is 1. The molecule has 4 nitrogen and oxygen atoms in total. The van der Waals surface area contributed by atoms with E-state index in [4.69, 9.17) is 16.3 Å². The Morgan fingerprint density at radius 2 is 1.88 bits per heavy atom. The van der Waals surface area contributed by atoms with Gasteiger partial charge in [0, 0.05) is 49.8 Å². The number of rotatable bonds is 3. The molecule has 0 saturated carbocycles. The average molecular weight is 463 g/mol. The highest BCUT2D eigenvalue weighted by Gasteiger charge is 2.43. The molecule has 5 rings (SSSR count). The Kier molecular flexibility index (Phi) is 5.13. The molecule has 8 heteroatoms. The number of piperidine rings is 1. The van der Waals surface area contributed by atoms with Gasteiger partial charge in [0.05, 0.1) is 11.4 Å². The second kappa shape index (κ2) is 7.74. The maximum atomic E-state index is 12.5. The van der Waals surface area contributed by atoms with E-state index in [1.54, 1.807) is 6.07 Å². The van der Waals surface area contributed by atoms with E-state index in [1.165, 1.54) is 12.1 Å². The first-order valence-corrected chi connectivity index (χ1v) is 10.8. The molecule has 0 N–H and O–H groups in total. The number of benzene rings is 2. The Morgan fingerprint density at radius 1 is 1.09 bits per heavy atom. The normalized spacial score (nSPS) is 17.5. The summed E-state index contributed by atoms with van der Waals surface area (Å²) in [5.41, 5.74) is 3.46. The van der Waals surface area contributed by atoms with Crippen molar-refractivity contribution in [3.8, 4) is 17.2 Å². The van der Waals surface area contributed by atoms with Crippen LogP contribution in [-0.2, 0) is 12.1 Å². The van der Waals surface area contributed by atoms with E-state index >= 15 is 0 Å². The second-order valence-corrected chi connectivity index (χ2v) is 8.82. The highest BCUT2D eigenvalue weighted by atomic mass is 35.5. The van der Waals surface area contributed by atoms with Gasteiger partial charge in [-0.2, -0.15) is 0 Å². The number of hydrogen-bond donors (Lipinski definition) is 0. The highest BCUT2D eigenvalue weighted by Crippen LogP contribution is 2.45. The van der Waals surface area contributed by atoms with E-state index in [1.807, 2.05) is 37.4 Å². The van der Waals surface area contributed by atoms with Crippen molar-refractivity contribution in [2.24, 2.45) is 0 Å². The SMILES string of the molecule is Cc1cc(OC(F)(F)F)ccc1CN1CCC2(CC1)Oc1cc(Cl)ccc1-n1cccc12. The van der Waals surface area contributed by atoms with Crippen LogP contribution in [0.15, 0.2) is 54.7 Å². The molecule has 2 aromatic carbocycles. The Morgan fingerprint density at radius 3 is 2.59 bits per heavy atom. The highest BCUT2D eigenvalue weighted by molar-refractivity contribution is 6.30. The van der Waals surface area contributed by atoms with Crippen LogP contribution in [0.5, 0.6) is 11.5 Å². The smallest absolute Gasteiger partial charge is 0.479 e. The van der Waals surface area contributed by atoms with E-state index in [0.717, 1.165) is 54.2 Å². The molecule has 2 aliphatic rings. The lowest BCUT2D eigenvalue weighted by Crippen LogP contribution is -2.48. The first-order chi connectivity index (χ1) is 15.2.